The van der Waals surface area contributed by atoms with Crippen LogP contribution in [0.4, 0.5) is 0 Å². The van der Waals surface area contributed by atoms with Crippen molar-refractivity contribution in [2.24, 2.45) is 0 Å². The monoisotopic (exact) mass is 814 g/mol. The van der Waals surface area contributed by atoms with Crippen LogP contribution in [-0.4, -0.2) is 140 Å². The summed E-state index contributed by atoms with van der Waals surface area (Å²) in [6.07, 6.45) is 0. The molecule has 0 unspecified atom stereocenters. The molecule has 0 heterocycles. The molecule has 3 aromatic carbocycles. The van der Waals surface area contributed by atoms with Crippen LogP contribution in [0.15, 0.2) is 91.0 Å². The van der Waals surface area contributed by atoms with Gasteiger partial charge in [-0.15, -0.1) is 0 Å². The van der Waals surface area contributed by atoms with Crippen LogP contribution < -0.4 is 0 Å². The topological polar surface area (TPSA) is 102 Å². The molecule has 0 aromatic heterocycles. The average molecular weight is 815 g/mol. The van der Waals surface area contributed by atoms with Crippen molar-refractivity contribution in [2.45, 2.75) is 44.5 Å². The largest absolute Gasteiger partial charge is 0.414 e. The summed E-state index contributed by atoms with van der Waals surface area (Å²) >= 11 is 0. The van der Waals surface area contributed by atoms with Crippen LogP contribution in [0.25, 0.3) is 0 Å². The highest BCUT2D eigenvalue weighted by Gasteiger charge is 2.38. The molecule has 57 heavy (non-hydrogen) atoms. The highest BCUT2D eigenvalue weighted by atomic mass is 28.4. The van der Waals surface area contributed by atoms with E-state index in [1.807, 2.05) is 54.6 Å². The molecule has 0 saturated heterocycles. The van der Waals surface area contributed by atoms with Crippen LogP contribution >= 0.6 is 0 Å². The fraction of sp³-hybridized carbons (Fsp3) is 0.600. The van der Waals surface area contributed by atoms with Crippen LogP contribution in [-0.2, 0) is 57.4 Å². The Bertz CT molecular complexity index is 1260. The van der Waals surface area contributed by atoms with Gasteiger partial charge in [0.1, 0.15) is 5.60 Å². The molecule has 0 aliphatic heterocycles. The van der Waals surface area contributed by atoms with Crippen molar-refractivity contribution in [1.82, 2.24) is 0 Å². The average Bonchev–Trinajstić information content (AvgIpc) is 3.22. The van der Waals surface area contributed by atoms with Crippen molar-refractivity contribution in [3.63, 3.8) is 0 Å². The maximum absolute atomic E-state index is 6.74. The van der Waals surface area contributed by atoms with Gasteiger partial charge in [0.2, 0.25) is 0 Å². The summed E-state index contributed by atoms with van der Waals surface area (Å²) in [5.41, 5.74) is 2.45. The first-order chi connectivity index (χ1) is 27.8. The molecule has 0 atom stereocenters. The van der Waals surface area contributed by atoms with Crippen molar-refractivity contribution in [3.8, 4) is 0 Å². The molecule has 0 amide bonds. The third-order valence-corrected chi connectivity index (χ3v) is 14.1. The molecule has 12 heteroatoms. The zero-order valence-corrected chi connectivity index (χ0v) is 36.3. The second-order valence-electron chi connectivity index (χ2n) is 14.7. The van der Waals surface area contributed by atoms with Crippen LogP contribution in [0.2, 0.25) is 18.1 Å². The second kappa shape index (κ2) is 29.6. The van der Waals surface area contributed by atoms with Crippen molar-refractivity contribution >= 4 is 8.32 Å². The Hall–Kier alpha value is -2.56. The zero-order valence-electron chi connectivity index (χ0n) is 35.3. The first kappa shape index (κ1) is 48.8. The van der Waals surface area contributed by atoms with Crippen LogP contribution in [0.5, 0.6) is 0 Å². The summed E-state index contributed by atoms with van der Waals surface area (Å²) in [6.45, 7) is 21.4. The number of hydrogen-bond donors (Lipinski definition) is 0. The molecule has 0 aliphatic rings. The number of hydrogen-bond acceptors (Lipinski definition) is 11. The van der Waals surface area contributed by atoms with Gasteiger partial charge >= 0.3 is 0 Å². The minimum atomic E-state index is -1.71. The summed E-state index contributed by atoms with van der Waals surface area (Å²) in [5, 5.41) is 0.213. The molecule has 0 bridgehead atoms. The predicted octanol–water partition coefficient (Wildman–Crippen LogP) is 7.17. The number of ether oxygens (including phenoxy) is 10. The minimum Gasteiger partial charge on any atom is -0.414 e. The van der Waals surface area contributed by atoms with E-state index < -0.39 is 13.9 Å². The molecule has 11 nitrogen and oxygen atoms in total. The molecule has 0 aliphatic carbocycles. The predicted molar refractivity (Wildman–Crippen MR) is 226 cm³/mol. The molecule has 0 radical (unpaired) electrons. The maximum atomic E-state index is 6.74. The van der Waals surface area contributed by atoms with E-state index in [4.69, 9.17) is 51.8 Å². The molecule has 3 aromatic rings. The quantitative estimate of drug-likeness (QED) is 0.0344. The van der Waals surface area contributed by atoms with Gasteiger partial charge in [0.25, 0.3) is 0 Å². The van der Waals surface area contributed by atoms with Crippen molar-refractivity contribution in [3.05, 3.63) is 108 Å². The van der Waals surface area contributed by atoms with Crippen molar-refractivity contribution < 1.29 is 51.8 Å². The number of benzene rings is 3. The third-order valence-electron chi connectivity index (χ3n) is 9.56. The van der Waals surface area contributed by atoms with Crippen molar-refractivity contribution in [2.75, 3.05) is 132 Å². The van der Waals surface area contributed by atoms with E-state index in [0.29, 0.717) is 132 Å². The Balaban J connectivity index is 1.05. The van der Waals surface area contributed by atoms with Crippen LogP contribution in [0.3, 0.4) is 0 Å². The first-order valence-corrected chi connectivity index (χ1v) is 23.3. The van der Waals surface area contributed by atoms with Gasteiger partial charge in [-0.25, -0.2) is 0 Å². The van der Waals surface area contributed by atoms with E-state index in [0.717, 1.165) is 16.7 Å². The third kappa shape index (κ3) is 19.8. The van der Waals surface area contributed by atoms with E-state index >= 15 is 0 Å². The van der Waals surface area contributed by atoms with Gasteiger partial charge < -0.3 is 51.8 Å². The fourth-order valence-corrected chi connectivity index (χ4v) is 6.48. The van der Waals surface area contributed by atoms with E-state index in [9.17, 15) is 0 Å². The lowest BCUT2D eigenvalue weighted by atomic mass is 9.80. The molecule has 320 valence electrons. The number of rotatable bonds is 35. The molecular weight excluding hydrogens is 745 g/mol. The molecule has 0 fully saturated rings. The summed E-state index contributed by atoms with van der Waals surface area (Å²) in [7, 11) is -1.71. The maximum Gasteiger partial charge on any atom is 0.192 e. The van der Waals surface area contributed by atoms with Crippen LogP contribution in [0, 0.1) is 0 Å². The first-order valence-electron chi connectivity index (χ1n) is 20.4. The normalized spacial score (nSPS) is 12.4. The standard InChI is InChI=1S/C45H70O11Si/c1-44(2,3)57(4,5)56-40-38-54-36-34-52-32-30-50-28-26-48-24-22-46-21-23-47-25-27-49-29-31-51-33-35-53-37-39-55-45(41-15-9-6-10-16-41,42-17-11-7-12-18-42)43-19-13-8-14-20-43/h6-20H,21-40H2,1-5H3. The molecule has 0 saturated carbocycles. The van der Waals surface area contributed by atoms with Gasteiger partial charge in [0.05, 0.1) is 132 Å². The Kier molecular flexibility index (Phi) is 25.4. The lowest BCUT2D eigenvalue weighted by molar-refractivity contribution is -0.0399. The summed E-state index contributed by atoms with van der Waals surface area (Å²) in [5.74, 6) is 0. The molecule has 0 spiro atoms. The second-order valence-corrected chi connectivity index (χ2v) is 19.6. The summed E-state index contributed by atoms with van der Waals surface area (Å²) in [6, 6.07) is 31.0. The summed E-state index contributed by atoms with van der Waals surface area (Å²) < 4.78 is 63.3. The fourth-order valence-electron chi connectivity index (χ4n) is 5.46. The Morgan fingerprint density at radius 2 is 0.561 bits per heavy atom. The summed E-state index contributed by atoms with van der Waals surface area (Å²) in [4.78, 5) is 0. The minimum absolute atomic E-state index is 0.213. The zero-order chi connectivity index (χ0) is 40.8. The van der Waals surface area contributed by atoms with Crippen molar-refractivity contribution in [1.29, 1.82) is 0 Å². The van der Waals surface area contributed by atoms with E-state index in [1.165, 1.54) is 0 Å². The van der Waals surface area contributed by atoms with E-state index in [2.05, 4.69) is 70.3 Å². The Morgan fingerprint density at radius 3 is 0.807 bits per heavy atom. The van der Waals surface area contributed by atoms with Gasteiger partial charge in [-0.05, 0) is 34.8 Å². The lowest BCUT2D eigenvalue weighted by Gasteiger charge is -2.36. The molecule has 3 rings (SSSR count). The van der Waals surface area contributed by atoms with Gasteiger partial charge in [0, 0.05) is 0 Å². The highest BCUT2D eigenvalue weighted by molar-refractivity contribution is 6.74. The van der Waals surface area contributed by atoms with Gasteiger partial charge in [-0.2, -0.15) is 0 Å². The van der Waals surface area contributed by atoms with Gasteiger partial charge in [-0.3, -0.25) is 0 Å². The Morgan fingerprint density at radius 1 is 0.333 bits per heavy atom. The smallest absolute Gasteiger partial charge is 0.192 e. The lowest BCUT2D eigenvalue weighted by Crippen LogP contribution is -2.41. The van der Waals surface area contributed by atoms with Gasteiger partial charge in [-0.1, -0.05) is 112 Å². The van der Waals surface area contributed by atoms with Crippen LogP contribution in [0.1, 0.15) is 37.5 Å². The van der Waals surface area contributed by atoms with Gasteiger partial charge in [0.15, 0.2) is 8.32 Å². The highest BCUT2D eigenvalue weighted by Crippen LogP contribution is 2.40. The Labute approximate surface area is 343 Å². The molecular formula is C45H70O11Si. The molecule has 0 N–H and O–H groups in total. The van der Waals surface area contributed by atoms with E-state index in [-0.39, 0.29) is 5.04 Å². The SMILES string of the molecule is CC(C)(C)[Si](C)(C)OCCOCCOCCOCCOCCOCCOCCOCCOCCOCCOC(c1ccccc1)(c1ccccc1)c1ccccc1. The van der Waals surface area contributed by atoms with E-state index in [1.54, 1.807) is 0 Å².